The third-order valence-electron chi connectivity index (χ3n) is 3.70. The van der Waals surface area contributed by atoms with Gasteiger partial charge in [-0.3, -0.25) is 0 Å². The Balaban J connectivity index is 1.96. The first-order chi connectivity index (χ1) is 12.2. The molecule has 8 nitrogen and oxygen atoms in total. The normalized spacial score (nSPS) is 11.4. The first-order valence-electron chi connectivity index (χ1n) is 8.65. The molecule has 25 heavy (non-hydrogen) atoms. The van der Waals surface area contributed by atoms with Gasteiger partial charge in [0, 0.05) is 51.9 Å². The maximum Gasteiger partial charge on any atom is 0.191 e. The molecule has 2 aromatic heterocycles. The van der Waals surface area contributed by atoms with Crippen LogP contribution in [0.5, 0.6) is 0 Å². The van der Waals surface area contributed by atoms with Gasteiger partial charge in [0.15, 0.2) is 5.96 Å². The number of aliphatic imine (C=N–C) groups is 1. The summed E-state index contributed by atoms with van der Waals surface area (Å²) in [6.45, 7) is 7.08. The van der Waals surface area contributed by atoms with E-state index in [0.717, 1.165) is 49.2 Å². The van der Waals surface area contributed by atoms with Crippen molar-refractivity contribution in [3.05, 3.63) is 36.0 Å². The first kappa shape index (κ1) is 18.7. The summed E-state index contributed by atoms with van der Waals surface area (Å²) in [5.74, 6) is 2.73. The molecule has 0 atom stereocenters. The fourth-order valence-electron chi connectivity index (χ4n) is 2.50. The van der Waals surface area contributed by atoms with E-state index in [1.165, 1.54) is 0 Å². The van der Waals surface area contributed by atoms with E-state index in [4.69, 9.17) is 0 Å². The Morgan fingerprint density at radius 1 is 1.28 bits per heavy atom. The van der Waals surface area contributed by atoms with Crippen LogP contribution in [0.4, 0.5) is 5.82 Å². The largest absolute Gasteiger partial charge is 0.362 e. The van der Waals surface area contributed by atoms with E-state index in [0.29, 0.717) is 6.54 Å². The van der Waals surface area contributed by atoms with E-state index < -0.39 is 0 Å². The van der Waals surface area contributed by atoms with Gasteiger partial charge in [0.25, 0.3) is 0 Å². The highest BCUT2D eigenvalue weighted by atomic mass is 15.3. The highest BCUT2D eigenvalue weighted by Gasteiger charge is 2.06. The van der Waals surface area contributed by atoms with Gasteiger partial charge in [-0.1, -0.05) is 13.0 Å². The van der Waals surface area contributed by atoms with Crippen molar-refractivity contribution in [2.75, 3.05) is 32.1 Å². The van der Waals surface area contributed by atoms with Crippen molar-refractivity contribution in [3.8, 4) is 0 Å². The van der Waals surface area contributed by atoms with Crippen LogP contribution >= 0.6 is 0 Å². The Kier molecular flexibility index (Phi) is 7.18. The zero-order valence-electron chi connectivity index (χ0n) is 15.5. The molecule has 8 heteroatoms. The number of anilines is 1. The van der Waals surface area contributed by atoms with Gasteiger partial charge in [-0.05, 0) is 13.0 Å². The molecule has 2 aromatic rings. The monoisotopic (exact) mass is 344 g/mol. The summed E-state index contributed by atoms with van der Waals surface area (Å²) in [5.41, 5.74) is 1.09. The molecule has 0 spiro atoms. The number of pyridine rings is 1. The standard InChI is InChI=1S/C17H28N8/c1-5-15-23-22-13-25(15)11-10-20-17(18-6-2)21-12-14-8-7-9-19-16(14)24(3)4/h7-9,13H,5-6,10-12H2,1-4H3,(H2,18,20,21). The van der Waals surface area contributed by atoms with Crippen molar-refractivity contribution in [2.24, 2.45) is 4.99 Å². The van der Waals surface area contributed by atoms with Crippen molar-refractivity contribution in [2.45, 2.75) is 33.4 Å². The molecule has 2 rings (SSSR count). The molecule has 136 valence electrons. The predicted molar refractivity (Wildman–Crippen MR) is 101 cm³/mol. The third-order valence-corrected chi connectivity index (χ3v) is 3.70. The maximum absolute atomic E-state index is 4.68. The molecule has 0 radical (unpaired) electrons. The van der Waals surface area contributed by atoms with E-state index in [2.05, 4.69) is 55.3 Å². The average Bonchev–Trinajstić information content (AvgIpc) is 3.07. The van der Waals surface area contributed by atoms with Crippen LogP contribution in [0.2, 0.25) is 0 Å². The highest BCUT2D eigenvalue weighted by molar-refractivity contribution is 5.79. The molecule has 2 heterocycles. The van der Waals surface area contributed by atoms with Crippen LogP contribution in [-0.4, -0.2) is 52.9 Å². The molecule has 0 aromatic carbocycles. The second kappa shape index (κ2) is 9.61. The number of aromatic nitrogens is 4. The molecule has 0 bridgehead atoms. The quantitative estimate of drug-likeness (QED) is 0.550. The summed E-state index contributed by atoms with van der Waals surface area (Å²) in [4.78, 5) is 11.1. The summed E-state index contributed by atoms with van der Waals surface area (Å²) in [7, 11) is 3.98. The molecular weight excluding hydrogens is 316 g/mol. The number of nitrogens with one attached hydrogen (secondary N) is 2. The van der Waals surface area contributed by atoms with Crippen LogP contribution < -0.4 is 15.5 Å². The lowest BCUT2D eigenvalue weighted by atomic mass is 10.2. The zero-order valence-corrected chi connectivity index (χ0v) is 15.5. The lowest BCUT2D eigenvalue weighted by Gasteiger charge is -2.16. The average molecular weight is 344 g/mol. The van der Waals surface area contributed by atoms with Crippen molar-refractivity contribution < 1.29 is 0 Å². The number of rotatable bonds is 8. The molecule has 0 unspecified atom stereocenters. The summed E-state index contributed by atoms with van der Waals surface area (Å²) in [5, 5.41) is 14.7. The van der Waals surface area contributed by atoms with Crippen molar-refractivity contribution in [3.63, 3.8) is 0 Å². The fraction of sp³-hybridized carbons (Fsp3) is 0.529. The lowest BCUT2D eigenvalue weighted by Crippen LogP contribution is -2.39. The molecule has 0 fully saturated rings. The Labute approximate surface area is 149 Å². The number of nitrogens with zero attached hydrogens (tertiary/aromatic N) is 6. The van der Waals surface area contributed by atoms with E-state index >= 15 is 0 Å². The molecule has 0 saturated heterocycles. The molecular formula is C17H28N8. The molecule has 2 N–H and O–H groups in total. The highest BCUT2D eigenvalue weighted by Crippen LogP contribution is 2.15. The van der Waals surface area contributed by atoms with Gasteiger partial charge >= 0.3 is 0 Å². The van der Waals surface area contributed by atoms with Crippen molar-refractivity contribution in [1.82, 2.24) is 30.4 Å². The predicted octanol–water partition coefficient (Wildman–Crippen LogP) is 1.06. The second-order valence-corrected chi connectivity index (χ2v) is 5.80. The SMILES string of the molecule is CCNC(=NCc1cccnc1N(C)C)NCCn1cnnc1CC. The Bertz CT molecular complexity index is 677. The van der Waals surface area contributed by atoms with Crippen LogP contribution in [-0.2, 0) is 19.5 Å². The minimum absolute atomic E-state index is 0.573. The topological polar surface area (TPSA) is 83.3 Å². The van der Waals surface area contributed by atoms with Gasteiger partial charge in [0.2, 0.25) is 0 Å². The van der Waals surface area contributed by atoms with Crippen LogP contribution in [0.25, 0.3) is 0 Å². The van der Waals surface area contributed by atoms with Crippen LogP contribution in [0.1, 0.15) is 25.2 Å². The lowest BCUT2D eigenvalue weighted by molar-refractivity contribution is 0.632. The maximum atomic E-state index is 4.68. The molecule has 0 aliphatic carbocycles. The van der Waals surface area contributed by atoms with Gasteiger partial charge in [-0.15, -0.1) is 10.2 Å². The third kappa shape index (κ3) is 5.44. The van der Waals surface area contributed by atoms with Crippen molar-refractivity contribution >= 4 is 11.8 Å². The van der Waals surface area contributed by atoms with Gasteiger partial charge in [-0.2, -0.15) is 0 Å². The van der Waals surface area contributed by atoms with E-state index in [1.54, 1.807) is 12.5 Å². The minimum atomic E-state index is 0.573. The van der Waals surface area contributed by atoms with Gasteiger partial charge in [-0.25, -0.2) is 9.98 Å². The summed E-state index contributed by atoms with van der Waals surface area (Å²) >= 11 is 0. The minimum Gasteiger partial charge on any atom is -0.362 e. The summed E-state index contributed by atoms with van der Waals surface area (Å²) < 4.78 is 2.06. The molecule has 0 saturated carbocycles. The number of hydrogen-bond acceptors (Lipinski definition) is 5. The van der Waals surface area contributed by atoms with Crippen LogP contribution in [0.15, 0.2) is 29.6 Å². The van der Waals surface area contributed by atoms with E-state index in [9.17, 15) is 0 Å². The molecule has 0 aliphatic heterocycles. The van der Waals surface area contributed by atoms with Gasteiger partial charge < -0.3 is 20.1 Å². The molecule has 0 aliphatic rings. The smallest absolute Gasteiger partial charge is 0.191 e. The first-order valence-corrected chi connectivity index (χ1v) is 8.65. The number of aryl methyl sites for hydroxylation is 1. The van der Waals surface area contributed by atoms with Crippen LogP contribution in [0, 0.1) is 0 Å². The van der Waals surface area contributed by atoms with E-state index in [-0.39, 0.29) is 0 Å². The number of guanidine groups is 1. The van der Waals surface area contributed by atoms with E-state index in [1.807, 2.05) is 25.1 Å². The molecule has 0 amide bonds. The Morgan fingerprint density at radius 2 is 2.12 bits per heavy atom. The number of hydrogen-bond donors (Lipinski definition) is 2. The van der Waals surface area contributed by atoms with Gasteiger partial charge in [0.05, 0.1) is 6.54 Å². The fourth-order valence-corrected chi connectivity index (χ4v) is 2.50. The second-order valence-electron chi connectivity index (χ2n) is 5.80. The Hall–Kier alpha value is -2.64. The van der Waals surface area contributed by atoms with Crippen molar-refractivity contribution in [1.29, 1.82) is 0 Å². The zero-order chi connectivity index (χ0) is 18.1. The Morgan fingerprint density at radius 3 is 2.84 bits per heavy atom. The van der Waals surface area contributed by atoms with Gasteiger partial charge in [0.1, 0.15) is 18.0 Å². The van der Waals surface area contributed by atoms with Crippen LogP contribution in [0.3, 0.4) is 0 Å². The summed E-state index contributed by atoms with van der Waals surface area (Å²) in [6, 6.07) is 4.00. The summed E-state index contributed by atoms with van der Waals surface area (Å²) in [6.07, 6.45) is 4.45.